The molecule has 1 aliphatic heterocycles. The zero-order valence-corrected chi connectivity index (χ0v) is 17.1. The van der Waals surface area contributed by atoms with E-state index in [9.17, 15) is 4.39 Å². The third-order valence-electron chi connectivity index (χ3n) is 5.31. The number of benzene rings is 2. The van der Waals surface area contributed by atoms with Crippen LogP contribution in [0.25, 0.3) is 21.9 Å². The van der Waals surface area contributed by atoms with E-state index in [2.05, 4.69) is 19.9 Å². The Labute approximate surface area is 177 Å². The van der Waals surface area contributed by atoms with Crippen molar-refractivity contribution in [3.05, 3.63) is 48.7 Å². The monoisotopic (exact) mass is 421 g/mol. The van der Waals surface area contributed by atoms with Crippen molar-refractivity contribution < 1.29 is 18.6 Å². The van der Waals surface area contributed by atoms with Crippen molar-refractivity contribution >= 4 is 27.8 Å². The molecule has 1 fully saturated rings. The summed E-state index contributed by atoms with van der Waals surface area (Å²) in [6.45, 7) is 1.19. The predicted octanol–water partition coefficient (Wildman–Crippen LogP) is 3.39. The number of fused-ring (bicyclic) bond motifs is 2. The molecule has 1 unspecified atom stereocenters. The number of hydrogen-bond donors (Lipinski definition) is 0. The molecule has 2 aromatic heterocycles. The van der Waals surface area contributed by atoms with Gasteiger partial charge < -0.3 is 19.1 Å². The van der Waals surface area contributed by atoms with Crippen LogP contribution in [0.3, 0.4) is 0 Å². The highest BCUT2D eigenvalue weighted by Gasteiger charge is 2.28. The second kappa shape index (κ2) is 7.82. The average Bonchev–Trinajstić information content (AvgIpc) is 3.25. The third kappa shape index (κ3) is 3.63. The fraction of sp³-hybridized carbons (Fsp3) is 0.273. The maximum atomic E-state index is 14.2. The minimum Gasteiger partial charge on any atom is -0.493 e. The Bertz CT molecular complexity index is 1270. The summed E-state index contributed by atoms with van der Waals surface area (Å²) in [5, 5.41) is 0.685. The molecule has 1 saturated heterocycles. The lowest BCUT2D eigenvalue weighted by Crippen LogP contribution is -2.26. The van der Waals surface area contributed by atoms with Crippen LogP contribution in [0.4, 0.5) is 10.2 Å². The molecule has 3 heterocycles. The van der Waals surface area contributed by atoms with Crippen LogP contribution in [-0.4, -0.2) is 53.3 Å². The molecule has 0 aliphatic carbocycles. The molecule has 0 N–H and O–H groups in total. The molecule has 9 heteroatoms. The van der Waals surface area contributed by atoms with Crippen LogP contribution < -0.4 is 19.1 Å². The number of nitrogens with zero attached hydrogens (tertiary/aromatic N) is 5. The van der Waals surface area contributed by atoms with Gasteiger partial charge in [-0.3, -0.25) is 0 Å². The van der Waals surface area contributed by atoms with Gasteiger partial charge in [-0.1, -0.05) is 12.1 Å². The maximum Gasteiger partial charge on any atom is 0.311 e. The third-order valence-corrected chi connectivity index (χ3v) is 5.31. The van der Waals surface area contributed by atoms with E-state index in [1.165, 1.54) is 7.11 Å². The number of anilines is 1. The van der Waals surface area contributed by atoms with Gasteiger partial charge in [0.15, 0.2) is 11.5 Å². The standard InChI is InChI=1S/C22H20FN5O3/c1-29-18-9-14-17(10-19(18)30-2)26-22(23)27-21(14)28-8-7-13(12-28)31-20-11-24-15-5-3-4-6-16(15)25-20/h3-6,9-11,13H,7-8,12H2,1-2H3. The number of halogens is 1. The van der Waals surface area contributed by atoms with Gasteiger partial charge in [0.1, 0.15) is 11.9 Å². The lowest BCUT2D eigenvalue weighted by molar-refractivity contribution is 0.215. The molecule has 0 amide bonds. The van der Waals surface area contributed by atoms with Gasteiger partial charge in [0.2, 0.25) is 5.88 Å². The average molecular weight is 421 g/mol. The minimum absolute atomic E-state index is 0.122. The van der Waals surface area contributed by atoms with Crippen molar-refractivity contribution in [2.24, 2.45) is 0 Å². The van der Waals surface area contributed by atoms with Crippen molar-refractivity contribution in [3.63, 3.8) is 0 Å². The summed E-state index contributed by atoms with van der Waals surface area (Å²) in [4.78, 5) is 18.9. The molecule has 0 saturated carbocycles. The van der Waals surface area contributed by atoms with Gasteiger partial charge >= 0.3 is 6.08 Å². The van der Waals surface area contributed by atoms with Crippen LogP contribution in [0, 0.1) is 6.08 Å². The first-order chi connectivity index (χ1) is 15.1. The number of aromatic nitrogens is 4. The van der Waals surface area contributed by atoms with Gasteiger partial charge in [-0.05, 0) is 18.2 Å². The van der Waals surface area contributed by atoms with Gasteiger partial charge in [0.25, 0.3) is 0 Å². The zero-order chi connectivity index (χ0) is 21.4. The maximum absolute atomic E-state index is 14.2. The molecule has 4 aromatic rings. The number of methoxy groups -OCH3 is 2. The highest BCUT2D eigenvalue weighted by molar-refractivity contribution is 5.92. The van der Waals surface area contributed by atoms with E-state index in [0.29, 0.717) is 47.2 Å². The highest BCUT2D eigenvalue weighted by Crippen LogP contribution is 2.36. The smallest absolute Gasteiger partial charge is 0.311 e. The van der Waals surface area contributed by atoms with Gasteiger partial charge in [-0.2, -0.15) is 9.37 Å². The first-order valence-electron chi connectivity index (χ1n) is 9.87. The van der Waals surface area contributed by atoms with Crippen LogP contribution in [-0.2, 0) is 0 Å². The van der Waals surface area contributed by atoms with E-state index in [4.69, 9.17) is 14.2 Å². The topological polar surface area (TPSA) is 82.5 Å². The molecule has 0 spiro atoms. The Kier molecular flexibility index (Phi) is 4.85. The van der Waals surface area contributed by atoms with Crippen molar-refractivity contribution in [1.82, 2.24) is 19.9 Å². The molecule has 31 heavy (non-hydrogen) atoms. The lowest BCUT2D eigenvalue weighted by Gasteiger charge is -2.20. The molecule has 0 radical (unpaired) electrons. The molecule has 2 aromatic carbocycles. The van der Waals surface area contributed by atoms with Crippen molar-refractivity contribution in [2.45, 2.75) is 12.5 Å². The molecule has 0 bridgehead atoms. The fourth-order valence-electron chi connectivity index (χ4n) is 3.84. The largest absolute Gasteiger partial charge is 0.493 e. The van der Waals surface area contributed by atoms with Gasteiger partial charge in [0, 0.05) is 24.4 Å². The minimum atomic E-state index is -0.792. The van der Waals surface area contributed by atoms with Crippen molar-refractivity contribution in [3.8, 4) is 17.4 Å². The second-order valence-electron chi connectivity index (χ2n) is 7.21. The summed E-state index contributed by atoms with van der Waals surface area (Å²) in [5.74, 6) is 1.98. The molecular weight excluding hydrogens is 401 g/mol. The molecular formula is C22H20FN5O3. The second-order valence-corrected chi connectivity index (χ2v) is 7.21. The van der Waals surface area contributed by atoms with Gasteiger partial charge in [-0.25, -0.2) is 15.0 Å². The van der Waals surface area contributed by atoms with Crippen LogP contribution in [0.1, 0.15) is 6.42 Å². The highest BCUT2D eigenvalue weighted by atomic mass is 19.1. The summed E-state index contributed by atoms with van der Waals surface area (Å²) in [7, 11) is 3.08. The Hall–Kier alpha value is -3.75. The fourth-order valence-corrected chi connectivity index (χ4v) is 3.84. The summed E-state index contributed by atoms with van der Waals surface area (Å²) in [6.07, 6.45) is 1.46. The van der Waals surface area contributed by atoms with E-state index in [0.717, 1.165) is 17.5 Å². The van der Waals surface area contributed by atoms with Gasteiger partial charge in [0.05, 0.1) is 43.5 Å². The molecule has 1 atom stereocenters. The lowest BCUT2D eigenvalue weighted by atomic mass is 10.2. The number of ether oxygens (including phenoxy) is 3. The summed E-state index contributed by atoms with van der Waals surface area (Å²) in [6, 6.07) is 11.1. The Balaban J connectivity index is 1.42. The molecule has 8 nitrogen and oxygen atoms in total. The normalized spacial score (nSPS) is 16.1. The van der Waals surface area contributed by atoms with Crippen molar-refractivity contribution in [1.29, 1.82) is 0 Å². The van der Waals surface area contributed by atoms with E-state index in [1.54, 1.807) is 25.4 Å². The first-order valence-corrected chi connectivity index (χ1v) is 9.87. The molecule has 158 valence electrons. The first kappa shape index (κ1) is 19.2. The van der Waals surface area contributed by atoms with E-state index < -0.39 is 6.08 Å². The SMILES string of the molecule is COc1cc2nc(F)nc(N3CCC(Oc4cnc5ccccc5n4)C3)c2cc1OC. The van der Waals surface area contributed by atoms with E-state index in [-0.39, 0.29) is 6.10 Å². The molecule has 1 aliphatic rings. The van der Waals surface area contributed by atoms with Gasteiger partial charge in [-0.15, -0.1) is 0 Å². The predicted molar refractivity (Wildman–Crippen MR) is 113 cm³/mol. The Morgan fingerprint density at radius 3 is 2.55 bits per heavy atom. The molecule has 5 rings (SSSR count). The summed E-state index contributed by atoms with van der Waals surface area (Å²) in [5.41, 5.74) is 2.04. The van der Waals surface area contributed by atoms with Crippen LogP contribution >= 0.6 is 0 Å². The summed E-state index contributed by atoms with van der Waals surface area (Å²) < 4.78 is 31.0. The Morgan fingerprint density at radius 2 is 1.74 bits per heavy atom. The number of rotatable bonds is 5. The zero-order valence-electron chi connectivity index (χ0n) is 17.1. The quantitative estimate of drug-likeness (QED) is 0.454. The summed E-state index contributed by atoms with van der Waals surface area (Å²) >= 11 is 0. The van der Waals surface area contributed by atoms with Crippen LogP contribution in [0.2, 0.25) is 0 Å². The number of hydrogen-bond acceptors (Lipinski definition) is 8. The van der Waals surface area contributed by atoms with E-state index in [1.807, 2.05) is 29.2 Å². The number of para-hydroxylation sites is 2. The van der Waals surface area contributed by atoms with E-state index >= 15 is 0 Å². The Morgan fingerprint density at radius 1 is 0.968 bits per heavy atom. The van der Waals surface area contributed by atoms with Crippen LogP contribution in [0.15, 0.2) is 42.6 Å². The van der Waals surface area contributed by atoms with Crippen LogP contribution in [0.5, 0.6) is 17.4 Å². The van der Waals surface area contributed by atoms with Crippen molar-refractivity contribution in [2.75, 3.05) is 32.2 Å².